The van der Waals surface area contributed by atoms with Gasteiger partial charge in [-0.2, -0.15) is 0 Å². The van der Waals surface area contributed by atoms with Crippen LogP contribution in [0.1, 0.15) is 53.4 Å². The van der Waals surface area contributed by atoms with Crippen LogP contribution in [0.15, 0.2) is 11.1 Å². The molecule has 0 amide bonds. The molecule has 1 saturated carbocycles. The van der Waals surface area contributed by atoms with Crippen molar-refractivity contribution in [3.05, 3.63) is 11.1 Å². The summed E-state index contributed by atoms with van der Waals surface area (Å²) < 4.78 is 11.6. The molecule has 0 aromatic carbocycles. The number of Topliss-reactive ketones (excluding diaryl/α,β-unsaturated/α-hetero) is 1. The molecule has 4 atom stereocenters. The summed E-state index contributed by atoms with van der Waals surface area (Å²) in [5.41, 5.74) is 1.85. The minimum atomic E-state index is -0.212. The molecule has 3 fully saturated rings. The number of epoxide rings is 2. The average molecular weight is 250 g/mol. The highest BCUT2D eigenvalue weighted by Crippen LogP contribution is 2.50. The fourth-order valence-electron chi connectivity index (χ4n) is 3.20. The van der Waals surface area contributed by atoms with Gasteiger partial charge in [-0.15, -0.1) is 0 Å². The molecule has 1 unspecified atom stereocenters. The SMILES string of the molecule is CC(C)=C1C[C@H]2O[C@@]2(C)CC[C@@H]2OC2(C)CC1=O. The number of hydrogen-bond donors (Lipinski definition) is 0. The molecule has 3 nitrogen and oxygen atoms in total. The van der Waals surface area contributed by atoms with Gasteiger partial charge >= 0.3 is 0 Å². The van der Waals surface area contributed by atoms with Gasteiger partial charge < -0.3 is 9.47 Å². The molecule has 2 heterocycles. The first kappa shape index (κ1) is 12.4. The standard InChI is InChI=1S/C15H22O3/c1-9(2)10-7-13-14(3,18-13)6-5-12-15(4,17-12)8-11(10)16/h12-13H,5-8H2,1-4H3/t12-,13+,14-,15?/m0/s1. The van der Waals surface area contributed by atoms with Gasteiger partial charge in [-0.05, 0) is 46.1 Å². The maximum atomic E-state index is 12.4. The molecule has 3 heteroatoms. The first-order valence-electron chi connectivity index (χ1n) is 6.89. The summed E-state index contributed by atoms with van der Waals surface area (Å²) in [6.07, 6.45) is 3.84. The van der Waals surface area contributed by atoms with Crippen molar-refractivity contribution in [1.82, 2.24) is 0 Å². The number of ether oxygens (including phenoxy) is 2. The van der Waals surface area contributed by atoms with E-state index in [1.165, 1.54) is 0 Å². The number of fused-ring (bicyclic) bond motifs is 2. The van der Waals surface area contributed by atoms with Crippen LogP contribution in [0, 0.1) is 0 Å². The van der Waals surface area contributed by atoms with Crippen LogP contribution >= 0.6 is 0 Å². The van der Waals surface area contributed by atoms with E-state index in [1.54, 1.807) is 0 Å². The fraction of sp³-hybridized carbons (Fsp3) is 0.800. The number of allylic oxidation sites excluding steroid dienone is 1. The molecule has 18 heavy (non-hydrogen) atoms. The van der Waals surface area contributed by atoms with Crippen molar-refractivity contribution in [3.8, 4) is 0 Å². The van der Waals surface area contributed by atoms with Crippen molar-refractivity contribution < 1.29 is 14.3 Å². The summed E-state index contributed by atoms with van der Waals surface area (Å²) in [5, 5.41) is 0. The van der Waals surface area contributed by atoms with E-state index < -0.39 is 0 Å². The lowest BCUT2D eigenvalue weighted by Gasteiger charge is -2.14. The van der Waals surface area contributed by atoms with Crippen molar-refractivity contribution in [3.63, 3.8) is 0 Å². The largest absolute Gasteiger partial charge is 0.366 e. The quantitative estimate of drug-likeness (QED) is 0.490. The van der Waals surface area contributed by atoms with Crippen LogP contribution in [0.5, 0.6) is 0 Å². The molecule has 2 aliphatic heterocycles. The van der Waals surface area contributed by atoms with Gasteiger partial charge in [0, 0.05) is 12.8 Å². The van der Waals surface area contributed by atoms with Gasteiger partial charge in [-0.25, -0.2) is 0 Å². The average Bonchev–Trinajstić information content (AvgIpc) is 3.09. The van der Waals surface area contributed by atoms with Crippen molar-refractivity contribution in [2.24, 2.45) is 0 Å². The van der Waals surface area contributed by atoms with Gasteiger partial charge in [0.25, 0.3) is 0 Å². The molecule has 3 rings (SSSR count). The molecule has 0 N–H and O–H groups in total. The fourth-order valence-corrected chi connectivity index (χ4v) is 3.20. The summed E-state index contributed by atoms with van der Waals surface area (Å²) in [6, 6.07) is 0. The van der Waals surface area contributed by atoms with Crippen molar-refractivity contribution in [2.45, 2.75) is 76.8 Å². The zero-order valence-electron chi connectivity index (χ0n) is 11.7. The zero-order chi connectivity index (χ0) is 13.1. The molecule has 2 saturated heterocycles. The van der Waals surface area contributed by atoms with Crippen molar-refractivity contribution in [1.29, 1.82) is 0 Å². The Hall–Kier alpha value is -0.670. The summed E-state index contributed by atoms with van der Waals surface area (Å²) in [6.45, 7) is 8.26. The Balaban J connectivity index is 1.86. The van der Waals surface area contributed by atoms with Crippen LogP contribution in [0.3, 0.4) is 0 Å². The lowest BCUT2D eigenvalue weighted by atomic mass is 9.85. The van der Waals surface area contributed by atoms with Gasteiger partial charge in [-0.1, -0.05) is 5.57 Å². The van der Waals surface area contributed by atoms with Gasteiger partial charge in [0.05, 0.1) is 23.4 Å². The highest BCUT2D eigenvalue weighted by atomic mass is 16.6. The van der Waals surface area contributed by atoms with E-state index in [1.807, 2.05) is 13.8 Å². The monoisotopic (exact) mass is 250 g/mol. The topological polar surface area (TPSA) is 42.1 Å². The molecule has 1 aliphatic carbocycles. The lowest BCUT2D eigenvalue weighted by Crippen LogP contribution is -2.23. The third-order valence-corrected chi connectivity index (χ3v) is 4.81. The van der Waals surface area contributed by atoms with Crippen molar-refractivity contribution >= 4 is 5.78 Å². The van der Waals surface area contributed by atoms with E-state index in [2.05, 4.69) is 13.8 Å². The molecular weight excluding hydrogens is 228 g/mol. The first-order valence-corrected chi connectivity index (χ1v) is 6.89. The minimum Gasteiger partial charge on any atom is -0.366 e. The normalized spacial score (nSPS) is 47.1. The lowest BCUT2D eigenvalue weighted by molar-refractivity contribution is -0.116. The van der Waals surface area contributed by atoms with Gasteiger partial charge in [0.1, 0.15) is 0 Å². The molecule has 100 valence electrons. The highest BCUT2D eigenvalue weighted by Gasteiger charge is 2.58. The van der Waals surface area contributed by atoms with Crippen LogP contribution in [-0.2, 0) is 14.3 Å². The van der Waals surface area contributed by atoms with Gasteiger partial charge in [0.15, 0.2) is 5.78 Å². The van der Waals surface area contributed by atoms with Crippen LogP contribution in [0.4, 0.5) is 0 Å². The second-order valence-electron chi connectivity index (χ2n) is 6.66. The smallest absolute Gasteiger partial charge is 0.161 e. The summed E-state index contributed by atoms with van der Waals surface area (Å²) >= 11 is 0. The van der Waals surface area contributed by atoms with E-state index in [4.69, 9.17) is 9.47 Å². The number of hydrogen-bond acceptors (Lipinski definition) is 3. The maximum absolute atomic E-state index is 12.4. The number of carbonyl (C=O) groups excluding carboxylic acids is 1. The third-order valence-electron chi connectivity index (χ3n) is 4.81. The van der Waals surface area contributed by atoms with Crippen LogP contribution in [-0.4, -0.2) is 29.2 Å². The van der Waals surface area contributed by atoms with Crippen molar-refractivity contribution in [2.75, 3.05) is 0 Å². The van der Waals surface area contributed by atoms with Crippen LogP contribution in [0.2, 0.25) is 0 Å². The predicted octanol–water partition coefficient (Wildman–Crippen LogP) is 2.78. The Morgan fingerprint density at radius 1 is 1.17 bits per heavy atom. The number of ketones is 1. The molecular formula is C15H22O3. The van der Waals surface area contributed by atoms with E-state index >= 15 is 0 Å². The highest BCUT2D eigenvalue weighted by molar-refractivity contribution is 5.97. The van der Waals surface area contributed by atoms with E-state index in [-0.39, 0.29) is 29.2 Å². The van der Waals surface area contributed by atoms with E-state index in [9.17, 15) is 4.79 Å². The summed E-state index contributed by atoms with van der Waals surface area (Å²) in [5.74, 6) is 0.250. The Labute approximate surface area is 109 Å². The third kappa shape index (κ3) is 1.94. The number of rotatable bonds is 0. The van der Waals surface area contributed by atoms with E-state index in [0.717, 1.165) is 30.4 Å². The molecule has 0 spiro atoms. The van der Waals surface area contributed by atoms with Gasteiger partial charge in [-0.3, -0.25) is 4.79 Å². The molecule has 3 aliphatic rings. The Kier molecular flexibility index (Phi) is 2.52. The number of carbonyl (C=O) groups is 1. The van der Waals surface area contributed by atoms with Crippen LogP contribution in [0.25, 0.3) is 0 Å². The Morgan fingerprint density at radius 3 is 2.50 bits per heavy atom. The molecule has 0 aromatic rings. The second-order valence-corrected chi connectivity index (χ2v) is 6.66. The summed E-state index contributed by atoms with van der Waals surface area (Å²) in [7, 11) is 0. The van der Waals surface area contributed by atoms with E-state index in [0.29, 0.717) is 6.42 Å². The van der Waals surface area contributed by atoms with Crippen LogP contribution < -0.4 is 0 Å². The second kappa shape index (κ2) is 3.67. The Morgan fingerprint density at radius 2 is 1.83 bits per heavy atom. The predicted molar refractivity (Wildman–Crippen MR) is 68.4 cm³/mol. The first-order chi connectivity index (χ1) is 8.34. The minimum absolute atomic E-state index is 0.0226. The molecule has 0 aromatic heterocycles. The van der Waals surface area contributed by atoms with Gasteiger partial charge in [0.2, 0.25) is 0 Å². The zero-order valence-corrected chi connectivity index (χ0v) is 11.7. The Bertz CT molecular complexity index is 435. The molecule has 0 radical (unpaired) electrons. The maximum Gasteiger partial charge on any atom is 0.161 e. The summed E-state index contributed by atoms with van der Waals surface area (Å²) in [4.78, 5) is 12.4. The molecule has 0 bridgehead atoms.